The Morgan fingerprint density at radius 3 is 2.45 bits per heavy atom. The van der Waals surface area contributed by atoms with Gasteiger partial charge in [-0.2, -0.15) is 5.11 Å². The van der Waals surface area contributed by atoms with E-state index in [1.165, 1.54) is 11.3 Å². The summed E-state index contributed by atoms with van der Waals surface area (Å²) >= 11 is 6.72. The number of halogens is 1. The fraction of sp³-hybridized carbons (Fsp3) is 0.200. The lowest BCUT2D eigenvalue weighted by Gasteiger charge is -2.04. The first kappa shape index (κ1) is 16.3. The molecule has 2 aromatic rings. The zero-order valence-electron chi connectivity index (χ0n) is 11.9. The zero-order chi connectivity index (χ0) is 16.3. The number of alkyl halides is 1. The van der Waals surface area contributed by atoms with E-state index in [9.17, 15) is 14.7 Å². The number of carboxylic acid groups (broad SMARTS) is 1. The molecule has 0 aliphatic rings. The second-order valence-corrected chi connectivity index (χ2v) is 6.15. The Hall–Kier alpha value is -2.05. The lowest BCUT2D eigenvalue weighted by Crippen LogP contribution is -2.30. The second-order valence-electron chi connectivity index (χ2n) is 4.53. The number of azo groups is 1. The van der Waals surface area contributed by atoms with Crippen molar-refractivity contribution in [1.29, 1.82) is 0 Å². The molecule has 5 nitrogen and oxygen atoms in total. The molecule has 0 saturated heterocycles. The number of ketones is 1. The van der Waals surface area contributed by atoms with E-state index in [-0.39, 0.29) is 5.78 Å². The molecule has 0 spiro atoms. The standard InChI is InChI=1S/C15H13ClN2O3S/c1-8-9(2)22-14(18-17-13(16)15(20)21)11(8)12(19)10-6-4-3-5-7-10/h3-7,13H,1-2H3,(H,20,21)/p-1/b18-17+. The molecule has 0 fully saturated rings. The first-order chi connectivity index (χ1) is 10.4. The average molecular weight is 336 g/mol. The highest BCUT2D eigenvalue weighted by atomic mass is 35.5. The van der Waals surface area contributed by atoms with Gasteiger partial charge in [0.15, 0.2) is 11.3 Å². The highest BCUT2D eigenvalue weighted by Gasteiger charge is 2.21. The molecule has 1 atom stereocenters. The van der Waals surface area contributed by atoms with Crippen molar-refractivity contribution in [3.8, 4) is 0 Å². The van der Waals surface area contributed by atoms with E-state index in [1.54, 1.807) is 24.3 Å². The Bertz CT molecular complexity index is 741. The SMILES string of the molecule is Cc1sc(/N=N/C(Cl)C(=O)[O-])c(C(=O)c2ccccc2)c1C. The third-order valence-corrected chi connectivity index (χ3v) is 4.43. The van der Waals surface area contributed by atoms with Gasteiger partial charge in [0.2, 0.25) is 0 Å². The number of rotatable bonds is 5. The van der Waals surface area contributed by atoms with Gasteiger partial charge in [-0.1, -0.05) is 41.9 Å². The van der Waals surface area contributed by atoms with E-state index in [1.807, 2.05) is 19.9 Å². The smallest absolute Gasteiger partial charge is 0.196 e. The van der Waals surface area contributed by atoms with Gasteiger partial charge < -0.3 is 9.90 Å². The van der Waals surface area contributed by atoms with E-state index in [0.29, 0.717) is 16.1 Å². The first-order valence-corrected chi connectivity index (χ1v) is 7.62. The van der Waals surface area contributed by atoms with Gasteiger partial charge >= 0.3 is 0 Å². The van der Waals surface area contributed by atoms with Crippen LogP contribution in [0.2, 0.25) is 0 Å². The number of aryl methyl sites for hydroxylation is 1. The van der Waals surface area contributed by atoms with Gasteiger partial charge in [0.25, 0.3) is 0 Å². The molecule has 0 aliphatic heterocycles. The van der Waals surface area contributed by atoms with Crippen LogP contribution < -0.4 is 5.11 Å². The Morgan fingerprint density at radius 1 is 1.23 bits per heavy atom. The van der Waals surface area contributed by atoms with Crippen LogP contribution in [-0.4, -0.2) is 17.3 Å². The molecular weight excluding hydrogens is 324 g/mol. The quantitative estimate of drug-likeness (QED) is 0.364. The van der Waals surface area contributed by atoms with Crippen molar-refractivity contribution in [2.75, 3.05) is 0 Å². The number of benzene rings is 1. The molecule has 0 saturated carbocycles. The van der Waals surface area contributed by atoms with Crippen LogP contribution in [0.1, 0.15) is 26.4 Å². The largest absolute Gasteiger partial charge is 0.546 e. The van der Waals surface area contributed by atoms with Crippen LogP contribution in [0.5, 0.6) is 0 Å². The fourth-order valence-corrected chi connectivity index (χ4v) is 2.86. The number of thiophene rings is 1. The van der Waals surface area contributed by atoms with Crippen LogP contribution in [0.15, 0.2) is 40.6 Å². The van der Waals surface area contributed by atoms with Crippen molar-refractivity contribution in [3.05, 3.63) is 51.9 Å². The van der Waals surface area contributed by atoms with E-state index < -0.39 is 11.5 Å². The summed E-state index contributed by atoms with van der Waals surface area (Å²) in [5.41, 5.74) is 0.164. The first-order valence-electron chi connectivity index (χ1n) is 6.37. The van der Waals surface area contributed by atoms with Crippen molar-refractivity contribution >= 4 is 39.7 Å². The number of carbonyl (C=O) groups excluding carboxylic acids is 2. The van der Waals surface area contributed by atoms with Crippen molar-refractivity contribution in [3.63, 3.8) is 0 Å². The Balaban J connectivity index is 2.43. The van der Waals surface area contributed by atoms with Gasteiger partial charge in [0, 0.05) is 10.4 Å². The van der Waals surface area contributed by atoms with Gasteiger partial charge in [0.1, 0.15) is 5.00 Å². The van der Waals surface area contributed by atoms with Crippen molar-refractivity contribution in [2.45, 2.75) is 19.3 Å². The maximum absolute atomic E-state index is 12.6. The summed E-state index contributed by atoms with van der Waals surface area (Å²) in [6.45, 7) is 3.68. The molecule has 114 valence electrons. The Labute approximate surface area is 136 Å². The molecular formula is C15H12ClN2O3S-. The zero-order valence-corrected chi connectivity index (χ0v) is 13.4. The van der Waals surface area contributed by atoms with E-state index >= 15 is 0 Å². The third kappa shape index (κ3) is 3.40. The number of carboxylic acids is 1. The predicted molar refractivity (Wildman–Crippen MR) is 82.8 cm³/mol. The molecule has 22 heavy (non-hydrogen) atoms. The number of hydrogen-bond donors (Lipinski definition) is 0. The van der Waals surface area contributed by atoms with Crippen LogP contribution in [-0.2, 0) is 4.79 Å². The summed E-state index contributed by atoms with van der Waals surface area (Å²) in [6, 6.07) is 8.78. The summed E-state index contributed by atoms with van der Waals surface area (Å²) < 4.78 is 0. The number of carbonyl (C=O) groups is 2. The second kappa shape index (κ2) is 6.81. The topological polar surface area (TPSA) is 81.9 Å². The van der Waals surface area contributed by atoms with Crippen molar-refractivity contribution in [2.24, 2.45) is 10.2 Å². The number of hydrogen-bond acceptors (Lipinski definition) is 6. The minimum absolute atomic E-state index is 0.184. The monoisotopic (exact) mass is 335 g/mol. The van der Waals surface area contributed by atoms with Gasteiger partial charge in [-0.25, -0.2) is 0 Å². The summed E-state index contributed by atoms with van der Waals surface area (Å²) in [4.78, 5) is 24.1. The summed E-state index contributed by atoms with van der Waals surface area (Å²) in [6.07, 6.45) is 0. The fourth-order valence-electron chi connectivity index (χ4n) is 1.83. The summed E-state index contributed by atoms with van der Waals surface area (Å²) in [5.74, 6) is -1.72. The molecule has 0 amide bonds. The molecule has 7 heteroatoms. The van der Waals surface area contributed by atoms with E-state index in [2.05, 4.69) is 10.2 Å². The van der Waals surface area contributed by atoms with Crippen LogP contribution in [0.4, 0.5) is 5.00 Å². The Morgan fingerprint density at radius 2 is 1.86 bits per heavy atom. The maximum atomic E-state index is 12.6. The lowest BCUT2D eigenvalue weighted by molar-refractivity contribution is -0.305. The summed E-state index contributed by atoms with van der Waals surface area (Å²) in [5, 5.41) is 18.2. The molecule has 1 aromatic heterocycles. The molecule has 0 N–H and O–H groups in total. The number of aliphatic carboxylic acids is 1. The van der Waals surface area contributed by atoms with Gasteiger partial charge in [0.05, 0.1) is 11.5 Å². The number of nitrogens with zero attached hydrogens (tertiary/aromatic N) is 2. The van der Waals surface area contributed by atoms with Crippen LogP contribution >= 0.6 is 22.9 Å². The maximum Gasteiger partial charge on any atom is 0.196 e. The highest BCUT2D eigenvalue weighted by molar-refractivity contribution is 7.16. The molecule has 1 unspecified atom stereocenters. The van der Waals surface area contributed by atoms with Crippen LogP contribution in [0, 0.1) is 13.8 Å². The van der Waals surface area contributed by atoms with Gasteiger partial charge in [-0.05, 0) is 19.4 Å². The normalized spacial score (nSPS) is 12.5. The minimum atomic E-state index is -1.58. The molecule has 1 aromatic carbocycles. The van der Waals surface area contributed by atoms with Gasteiger partial charge in [-0.15, -0.1) is 16.5 Å². The van der Waals surface area contributed by atoms with E-state index in [0.717, 1.165) is 10.4 Å². The predicted octanol–water partition coefficient (Wildman–Crippen LogP) is 2.99. The molecule has 1 heterocycles. The van der Waals surface area contributed by atoms with Crippen molar-refractivity contribution in [1.82, 2.24) is 0 Å². The van der Waals surface area contributed by atoms with Crippen LogP contribution in [0.3, 0.4) is 0 Å². The minimum Gasteiger partial charge on any atom is -0.546 e. The van der Waals surface area contributed by atoms with Gasteiger partial charge in [-0.3, -0.25) is 4.79 Å². The highest BCUT2D eigenvalue weighted by Crippen LogP contribution is 2.36. The molecule has 0 radical (unpaired) electrons. The van der Waals surface area contributed by atoms with Crippen molar-refractivity contribution < 1.29 is 14.7 Å². The Kier molecular flexibility index (Phi) is 5.05. The lowest BCUT2D eigenvalue weighted by atomic mass is 10.0. The molecule has 0 aliphatic carbocycles. The third-order valence-electron chi connectivity index (χ3n) is 3.07. The molecule has 2 rings (SSSR count). The van der Waals surface area contributed by atoms with E-state index in [4.69, 9.17) is 11.6 Å². The molecule has 0 bridgehead atoms. The van der Waals surface area contributed by atoms with Crippen LogP contribution in [0.25, 0.3) is 0 Å². The average Bonchev–Trinajstić information content (AvgIpc) is 2.79. The summed E-state index contributed by atoms with van der Waals surface area (Å²) in [7, 11) is 0.